The van der Waals surface area contributed by atoms with E-state index in [2.05, 4.69) is 4.90 Å². The molecule has 1 aliphatic carbocycles. The van der Waals surface area contributed by atoms with Gasteiger partial charge in [-0.05, 0) is 49.9 Å². The molecular weight excluding hydrogens is 327 g/mol. The van der Waals surface area contributed by atoms with Crippen molar-refractivity contribution in [2.24, 2.45) is 0 Å². The van der Waals surface area contributed by atoms with Gasteiger partial charge < -0.3 is 4.90 Å². The van der Waals surface area contributed by atoms with E-state index in [0.29, 0.717) is 13.1 Å². The Morgan fingerprint density at radius 3 is 2.25 bits per heavy atom. The molecule has 4 nitrogen and oxygen atoms in total. The molecule has 0 amide bonds. The van der Waals surface area contributed by atoms with Gasteiger partial charge in [0.05, 0.1) is 5.25 Å². The molecule has 0 spiro atoms. The maximum atomic E-state index is 12.9. The Bertz CT molecular complexity index is 619. The fourth-order valence-corrected chi connectivity index (χ4v) is 5.79. The molecule has 24 heavy (non-hydrogen) atoms. The van der Waals surface area contributed by atoms with Gasteiger partial charge in [-0.3, -0.25) is 0 Å². The monoisotopic (exact) mass is 354 g/mol. The van der Waals surface area contributed by atoms with Crippen LogP contribution in [0, 0.1) is 5.82 Å². The molecule has 1 saturated carbocycles. The summed E-state index contributed by atoms with van der Waals surface area (Å²) < 4.78 is 39.8. The van der Waals surface area contributed by atoms with E-state index >= 15 is 0 Å². The van der Waals surface area contributed by atoms with Crippen LogP contribution in [0.3, 0.4) is 0 Å². The maximum absolute atomic E-state index is 12.9. The van der Waals surface area contributed by atoms with Gasteiger partial charge in [-0.2, -0.15) is 4.31 Å². The maximum Gasteiger partial charge on any atom is 0.217 e. The third-order valence-electron chi connectivity index (χ3n) is 5.27. The van der Waals surface area contributed by atoms with E-state index in [1.54, 1.807) is 4.31 Å². The largest absolute Gasteiger partial charge is 0.301 e. The predicted octanol–water partition coefficient (Wildman–Crippen LogP) is 2.65. The summed E-state index contributed by atoms with van der Waals surface area (Å²) >= 11 is 0. The first kappa shape index (κ1) is 17.8. The Balaban J connectivity index is 1.41. The van der Waals surface area contributed by atoms with Crippen molar-refractivity contribution in [2.75, 3.05) is 32.7 Å². The number of benzene rings is 1. The van der Waals surface area contributed by atoms with E-state index in [0.717, 1.165) is 63.7 Å². The van der Waals surface area contributed by atoms with Crippen LogP contribution in [-0.4, -0.2) is 55.6 Å². The molecule has 1 aliphatic heterocycles. The first-order chi connectivity index (χ1) is 11.6. The first-order valence-corrected chi connectivity index (χ1v) is 10.5. The molecule has 0 N–H and O–H groups in total. The molecule has 0 bridgehead atoms. The number of halogens is 1. The minimum atomic E-state index is -3.08. The normalized spacial score (nSPS) is 21.4. The number of hydrogen-bond donors (Lipinski definition) is 0. The van der Waals surface area contributed by atoms with E-state index in [9.17, 15) is 12.8 Å². The van der Waals surface area contributed by atoms with Crippen molar-refractivity contribution in [3.8, 4) is 0 Å². The van der Waals surface area contributed by atoms with Crippen molar-refractivity contribution in [2.45, 2.75) is 43.8 Å². The first-order valence-electron chi connectivity index (χ1n) is 9.01. The molecule has 3 rings (SSSR count). The van der Waals surface area contributed by atoms with E-state index in [-0.39, 0.29) is 11.1 Å². The second-order valence-electron chi connectivity index (χ2n) is 6.92. The number of hydrogen-bond acceptors (Lipinski definition) is 3. The SMILES string of the molecule is O=S(=O)(C1CCCC1)N1CCN(CCCc2ccc(F)cc2)CC1. The summed E-state index contributed by atoms with van der Waals surface area (Å²) in [5, 5.41) is -0.137. The quantitative estimate of drug-likeness (QED) is 0.789. The molecule has 2 aliphatic rings. The number of sulfonamides is 1. The smallest absolute Gasteiger partial charge is 0.217 e. The average molecular weight is 354 g/mol. The third-order valence-corrected chi connectivity index (χ3v) is 7.67. The predicted molar refractivity (Wildman–Crippen MR) is 93.9 cm³/mol. The van der Waals surface area contributed by atoms with Gasteiger partial charge in [-0.25, -0.2) is 12.8 Å². The van der Waals surface area contributed by atoms with Crippen molar-refractivity contribution in [3.05, 3.63) is 35.6 Å². The van der Waals surface area contributed by atoms with Gasteiger partial charge in [0.1, 0.15) is 5.82 Å². The molecule has 0 unspecified atom stereocenters. The van der Waals surface area contributed by atoms with Crippen LogP contribution < -0.4 is 0 Å². The van der Waals surface area contributed by atoms with Crippen LogP contribution in [0.1, 0.15) is 37.7 Å². The lowest BCUT2D eigenvalue weighted by Gasteiger charge is -2.35. The Morgan fingerprint density at radius 2 is 1.62 bits per heavy atom. The highest BCUT2D eigenvalue weighted by molar-refractivity contribution is 7.89. The average Bonchev–Trinajstić information content (AvgIpc) is 3.13. The van der Waals surface area contributed by atoms with Gasteiger partial charge in [0.25, 0.3) is 0 Å². The highest BCUT2D eigenvalue weighted by Gasteiger charge is 2.35. The van der Waals surface area contributed by atoms with Gasteiger partial charge in [0.2, 0.25) is 10.0 Å². The van der Waals surface area contributed by atoms with Crippen LogP contribution in [0.2, 0.25) is 0 Å². The minimum Gasteiger partial charge on any atom is -0.301 e. The van der Waals surface area contributed by atoms with Crippen molar-refractivity contribution in [1.82, 2.24) is 9.21 Å². The van der Waals surface area contributed by atoms with E-state index in [1.807, 2.05) is 12.1 Å². The van der Waals surface area contributed by atoms with Crippen molar-refractivity contribution >= 4 is 10.0 Å². The summed E-state index contributed by atoms with van der Waals surface area (Å²) in [6, 6.07) is 6.67. The number of aryl methyl sites for hydroxylation is 1. The second-order valence-corrected chi connectivity index (χ2v) is 9.14. The molecule has 6 heteroatoms. The number of nitrogens with zero attached hydrogens (tertiary/aromatic N) is 2. The molecular formula is C18H27FN2O2S. The molecule has 134 valence electrons. The summed E-state index contributed by atoms with van der Waals surface area (Å²) in [4.78, 5) is 2.34. The Labute approximate surface area is 144 Å². The van der Waals surface area contributed by atoms with Crippen molar-refractivity contribution in [3.63, 3.8) is 0 Å². The summed E-state index contributed by atoms with van der Waals surface area (Å²) in [6.07, 6.45) is 5.71. The number of rotatable bonds is 6. The van der Waals surface area contributed by atoms with E-state index < -0.39 is 10.0 Å². The molecule has 0 radical (unpaired) electrons. The topological polar surface area (TPSA) is 40.6 Å². The van der Waals surface area contributed by atoms with Crippen LogP contribution in [0.4, 0.5) is 4.39 Å². The van der Waals surface area contributed by atoms with Crippen LogP contribution in [0.25, 0.3) is 0 Å². The lowest BCUT2D eigenvalue weighted by molar-refractivity contribution is 0.186. The fraction of sp³-hybridized carbons (Fsp3) is 0.667. The van der Waals surface area contributed by atoms with E-state index in [4.69, 9.17) is 0 Å². The second kappa shape index (κ2) is 7.93. The summed E-state index contributed by atoms with van der Waals surface area (Å²) in [6.45, 7) is 3.84. The van der Waals surface area contributed by atoms with Gasteiger partial charge in [-0.15, -0.1) is 0 Å². The van der Waals surface area contributed by atoms with Crippen LogP contribution in [0.15, 0.2) is 24.3 Å². The van der Waals surface area contributed by atoms with Gasteiger partial charge >= 0.3 is 0 Å². The fourth-order valence-electron chi connectivity index (χ4n) is 3.76. The zero-order valence-corrected chi connectivity index (χ0v) is 15.0. The molecule has 1 saturated heterocycles. The van der Waals surface area contributed by atoms with E-state index in [1.165, 1.54) is 12.1 Å². The Hall–Kier alpha value is -0.980. The van der Waals surface area contributed by atoms with Gasteiger partial charge in [0, 0.05) is 26.2 Å². The Morgan fingerprint density at radius 1 is 1.00 bits per heavy atom. The summed E-state index contributed by atoms with van der Waals surface area (Å²) in [5.74, 6) is -0.196. The lowest BCUT2D eigenvalue weighted by Crippen LogP contribution is -2.50. The molecule has 1 aromatic rings. The highest BCUT2D eigenvalue weighted by atomic mass is 32.2. The molecule has 2 fully saturated rings. The number of piperazine rings is 1. The van der Waals surface area contributed by atoms with Crippen molar-refractivity contribution in [1.29, 1.82) is 0 Å². The van der Waals surface area contributed by atoms with Crippen LogP contribution in [0.5, 0.6) is 0 Å². The standard InChI is InChI=1S/C18H27FN2O2S/c19-17-9-7-16(8-10-17)4-3-11-20-12-14-21(15-13-20)24(22,23)18-5-1-2-6-18/h7-10,18H,1-6,11-15H2. The molecule has 0 aromatic heterocycles. The minimum absolute atomic E-state index is 0.137. The molecule has 1 aromatic carbocycles. The van der Waals surface area contributed by atoms with Crippen LogP contribution >= 0.6 is 0 Å². The Kier molecular flexibility index (Phi) is 5.89. The van der Waals surface area contributed by atoms with Crippen molar-refractivity contribution < 1.29 is 12.8 Å². The lowest BCUT2D eigenvalue weighted by atomic mass is 10.1. The summed E-state index contributed by atoms with van der Waals surface area (Å²) in [5.41, 5.74) is 1.15. The zero-order chi connectivity index (χ0) is 17.0. The van der Waals surface area contributed by atoms with Gasteiger partial charge in [-0.1, -0.05) is 25.0 Å². The summed E-state index contributed by atoms with van der Waals surface area (Å²) in [7, 11) is -3.08. The van der Waals surface area contributed by atoms with Crippen LogP contribution in [-0.2, 0) is 16.4 Å². The molecule has 0 atom stereocenters. The molecule has 1 heterocycles. The zero-order valence-electron chi connectivity index (χ0n) is 14.2. The third kappa shape index (κ3) is 4.35. The highest BCUT2D eigenvalue weighted by Crippen LogP contribution is 2.27. The van der Waals surface area contributed by atoms with Gasteiger partial charge in [0.15, 0.2) is 0 Å².